The Hall–Kier alpha value is -3.49. The summed E-state index contributed by atoms with van der Waals surface area (Å²) in [6, 6.07) is 13.9. The second-order valence-corrected chi connectivity index (χ2v) is 8.43. The van der Waals surface area contributed by atoms with Crippen LogP contribution in [0, 0.1) is 5.82 Å². The van der Waals surface area contributed by atoms with Crippen molar-refractivity contribution in [2.75, 3.05) is 12.4 Å². The van der Waals surface area contributed by atoms with Crippen LogP contribution in [0.4, 0.5) is 10.1 Å². The van der Waals surface area contributed by atoms with Crippen LogP contribution >= 0.6 is 0 Å². The second kappa shape index (κ2) is 11.1. The maximum Gasteiger partial charge on any atom is 0.305 e. The number of imidazole rings is 1. The quantitative estimate of drug-likeness (QED) is 0.348. The Balaban J connectivity index is 2.12. The summed E-state index contributed by atoms with van der Waals surface area (Å²) in [6.07, 6.45) is 0.386. The number of carboxylic acid groups (broad SMARTS) is 1. The molecule has 34 heavy (non-hydrogen) atoms. The summed E-state index contributed by atoms with van der Waals surface area (Å²) in [7, 11) is 1.83. The molecule has 0 saturated carbocycles. The minimum absolute atomic E-state index is 0.0276. The van der Waals surface area contributed by atoms with Crippen LogP contribution in [-0.2, 0) is 4.79 Å². The van der Waals surface area contributed by atoms with Crippen LogP contribution in [0.1, 0.15) is 38.4 Å². The standard InChI is InChI=1S/C26H30FN3O4/c1-16(2)26-29-24(18-5-4-6-20(13-18)28-3)25(17-7-9-19(27)10-8-17)30(26)12-11-21(31)14-22(32)15-23(33)34/h4-13,16,21-22,28,31-32H,14-15H2,1-3H3,(H,33,34). The number of carboxylic acids is 1. The van der Waals surface area contributed by atoms with E-state index in [1.54, 1.807) is 18.3 Å². The maximum absolute atomic E-state index is 13.7. The van der Waals surface area contributed by atoms with E-state index >= 15 is 0 Å². The van der Waals surface area contributed by atoms with Gasteiger partial charge in [-0.05, 0) is 42.5 Å². The van der Waals surface area contributed by atoms with Crippen LogP contribution < -0.4 is 5.32 Å². The van der Waals surface area contributed by atoms with E-state index in [9.17, 15) is 19.4 Å². The van der Waals surface area contributed by atoms with Crippen molar-refractivity contribution in [1.29, 1.82) is 0 Å². The van der Waals surface area contributed by atoms with Gasteiger partial charge in [-0.15, -0.1) is 0 Å². The fourth-order valence-electron chi connectivity index (χ4n) is 3.74. The zero-order valence-corrected chi connectivity index (χ0v) is 19.4. The third-order valence-electron chi connectivity index (χ3n) is 5.38. The lowest BCUT2D eigenvalue weighted by atomic mass is 10.0. The molecule has 0 saturated heterocycles. The minimum atomic E-state index is -1.17. The molecule has 0 aliphatic rings. The lowest BCUT2D eigenvalue weighted by molar-refractivity contribution is -0.139. The van der Waals surface area contributed by atoms with Crippen LogP contribution in [0.2, 0.25) is 0 Å². The average Bonchev–Trinajstić information content (AvgIpc) is 3.17. The molecule has 3 aromatic rings. The normalized spacial score (nSPS) is 13.4. The fraction of sp³-hybridized carbons (Fsp3) is 0.308. The van der Waals surface area contributed by atoms with Crippen LogP contribution in [0.25, 0.3) is 28.7 Å². The van der Waals surface area contributed by atoms with Crippen molar-refractivity contribution in [2.45, 2.75) is 44.8 Å². The molecule has 2 aromatic carbocycles. The van der Waals surface area contributed by atoms with Crippen LogP contribution in [-0.4, -0.2) is 50.1 Å². The summed E-state index contributed by atoms with van der Waals surface area (Å²) in [5.41, 5.74) is 3.97. The Morgan fingerprint density at radius 3 is 2.47 bits per heavy atom. The smallest absolute Gasteiger partial charge is 0.305 e. The first kappa shape index (κ1) is 25.1. The first-order chi connectivity index (χ1) is 16.2. The van der Waals surface area contributed by atoms with Gasteiger partial charge in [0, 0.05) is 42.4 Å². The van der Waals surface area contributed by atoms with Crippen molar-refractivity contribution in [3.8, 4) is 22.5 Å². The number of rotatable bonds is 10. The van der Waals surface area contributed by atoms with E-state index in [-0.39, 0.29) is 18.2 Å². The summed E-state index contributed by atoms with van der Waals surface area (Å²) in [4.78, 5) is 15.7. The Bertz CT molecular complexity index is 1160. The zero-order chi connectivity index (χ0) is 24.8. The van der Waals surface area contributed by atoms with Gasteiger partial charge in [0.1, 0.15) is 11.6 Å². The topological polar surface area (TPSA) is 108 Å². The molecule has 0 bridgehead atoms. The van der Waals surface area contributed by atoms with Gasteiger partial charge in [0.15, 0.2) is 0 Å². The van der Waals surface area contributed by atoms with Crippen molar-refractivity contribution in [2.24, 2.45) is 0 Å². The third-order valence-corrected chi connectivity index (χ3v) is 5.38. The Kier molecular flexibility index (Phi) is 8.20. The van der Waals surface area contributed by atoms with E-state index in [1.165, 1.54) is 18.2 Å². The Morgan fingerprint density at radius 1 is 1.15 bits per heavy atom. The van der Waals surface area contributed by atoms with E-state index in [1.807, 2.05) is 49.7 Å². The molecular weight excluding hydrogens is 437 g/mol. The zero-order valence-electron chi connectivity index (χ0n) is 19.4. The van der Waals surface area contributed by atoms with E-state index in [2.05, 4.69) is 5.32 Å². The number of aliphatic hydroxyl groups is 2. The van der Waals surface area contributed by atoms with Crippen molar-refractivity contribution < 1.29 is 24.5 Å². The molecule has 8 heteroatoms. The largest absolute Gasteiger partial charge is 0.481 e. The van der Waals surface area contributed by atoms with E-state index in [4.69, 9.17) is 10.1 Å². The van der Waals surface area contributed by atoms with Crippen molar-refractivity contribution in [3.63, 3.8) is 0 Å². The highest BCUT2D eigenvalue weighted by Crippen LogP contribution is 2.36. The molecule has 1 heterocycles. The number of aromatic nitrogens is 2. The molecule has 0 aliphatic heterocycles. The Labute approximate surface area is 198 Å². The number of nitrogens with zero attached hydrogens (tertiary/aromatic N) is 2. The van der Waals surface area contributed by atoms with Gasteiger partial charge in [-0.2, -0.15) is 0 Å². The molecule has 0 aliphatic carbocycles. The number of hydrogen-bond acceptors (Lipinski definition) is 5. The fourth-order valence-corrected chi connectivity index (χ4v) is 3.74. The summed E-state index contributed by atoms with van der Waals surface area (Å²) >= 11 is 0. The molecule has 180 valence electrons. The molecular formula is C26H30FN3O4. The first-order valence-electron chi connectivity index (χ1n) is 11.1. The first-order valence-corrected chi connectivity index (χ1v) is 11.1. The monoisotopic (exact) mass is 467 g/mol. The summed E-state index contributed by atoms with van der Waals surface area (Å²) in [6.45, 7) is 4.00. The van der Waals surface area contributed by atoms with Crippen molar-refractivity contribution in [3.05, 3.63) is 66.2 Å². The number of aliphatic hydroxyl groups excluding tert-OH is 2. The van der Waals surface area contributed by atoms with Gasteiger partial charge in [-0.25, -0.2) is 9.37 Å². The highest BCUT2D eigenvalue weighted by Gasteiger charge is 2.21. The van der Waals surface area contributed by atoms with E-state index in [0.29, 0.717) is 5.69 Å². The van der Waals surface area contributed by atoms with Gasteiger partial charge in [-0.1, -0.05) is 26.0 Å². The highest BCUT2D eigenvalue weighted by atomic mass is 19.1. The molecule has 0 fully saturated rings. The number of nitrogens with one attached hydrogen (secondary N) is 1. The van der Waals surface area contributed by atoms with Gasteiger partial charge in [-0.3, -0.25) is 4.79 Å². The van der Waals surface area contributed by atoms with Crippen molar-refractivity contribution >= 4 is 17.9 Å². The average molecular weight is 468 g/mol. The minimum Gasteiger partial charge on any atom is -0.481 e. The molecule has 4 N–H and O–H groups in total. The van der Waals surface area contributed by atoms with Crippen molar-refractivity contribution in [1.82, 2.24) is 9.55 Å². The predicted octanol–water partition coefficient (Wildman–Crippen LogP) is 4.58. The lowest BCUT2D eigenvalue weighted by Gasteiger charge is -2.13. The highest BCUT2D eigenvalue weighted by molar-refractivity contribution is 5.82. The molecule has 0 spiro atoms. The molecule has 1 aromatic heterocycles. The number of aliphatic carboxylic acids is 1. The van der Waals surface area contributed by atoms with Gasteiger partial charge in [0.2, 0.25) is 0 Å². The maximum atomic E-state index is 13.7. The van der Waals surface area contributed by atoms with Crippen LogP contribution in [0.15, 0.2) is 54.6 Å². The second-order valence-electron chi connectivity index (χ2n) is 8.43. The number of carbonyl (C=O) groups is 1. The van der Waals surface area contributed by atoms with Gasteiger partial charge >= 0.3 is 5.97 Å². The number of halogens is 1. The van der Waals surface area contributed by atoms with E-state index in [0.717, 1.165) is 28.3 Å². The SMILES string of the molecule is CNc1cccc(-c2nc(C(C)C)n(C=CC(O)CC(O)CC(=O)O)c2-c2ccc(F)cc2)c1. The molecule has 3 rings (SSSR count). The molecule has 2 unspecified atom stereocenters. The number of hydrogen-bond donors (Lipinski definition) is 4. The summed E-state index contributed by atoms with van der Waals surface area (Å²) in [5, 5.41) is 32.2. The molecule has 0 radical (unpaired) electrons. The van der Waals surface area contributed by atoms with Gasteiger partial charge in [0.05, 0.1) is 30.0 Å². The molecule has 7 nitrogen and oxygen atoms in total. The number of anilines is 1. The molecule has 0 amide bonds. The summed E-state index contributed by atoms with van der Waals surface area (Å²) < 4.78 is 15.5. The predicted molar refractivity (Wildman–Crippen MR) is 131 cm³/mol. The van der Waals surface area contributed by atoms with Crippen LogP contribution in [0.5, 0.6) is 0 Å². The van der Waals surface area contributed by atoms with Gasteiger partial charge < -0.3 is 25.2 Å². The van der Waals surface area contributed by atoms with Crippen LogP contribution in [0.3, 0.4) is 0 Å². The third kappa shape index (κ3) is 6.09. The van der Waals surface area contributed by atoms with E-state index < -0.39 is 24.6 Å². The lowest BCUT2D eigenvalue weighted by Crippen LogP contribution is -2.19. The Morgan fingerprint density at radius 2 is 1.85 bits per heavy atom. The number of benzene rings is 2. The summed E-state index contributed by atoms with van der Waals surface area (Å²) in [5.74, 6) is -0.720. The molecule has 2 atom stereocenters. The van der Waals surface area contributed by atoms with Gasteiger partial charge in [0.25, 0.3) is 0 Å².